The van der Waals surface area contributed by atoms with E-state index in [-0.39, 0.29) is 0 Å². The standard InChI is InChI=1S/C14H23N/c1-4-5-8-13(2)10-11-14(3)9-6-7-12-15/h8,10-11,14H,6-7,9,12,15H2,1-3H3/b11-10-,13-8-. The predicted molar refractivity (Wildman–Crippen MR) is 68.4 cm³/mol. The van der Waals surface area contributed by atoms with Gasteiger partial charge in [-0.1, -0.05) is 31.4 Å². The lowest BCUT2D eigenvalue weighted by molar-refractivity contribution is 0.585. The molecule has 0 aromatic heterocycles. The van der Waals surface area contributed by atoms with E-state index in [9.17, 15) is 0 Å². The summed E-state index contributed by atoms with van der Waals surface area (Å²) in [5.41, 5.74) is 6.67. The van der Waals surface area contributed by atoms with Crippen LogP contribution in [-0.4, -0.2) is 6.54 Å². The van der Waals surface area contributed by atoms with E-state index in [4.69, 9.17) is 5.73 Å². The first-order valence-electron chi connectivity index (χ1n) is 5.68. The fourth-order valence-corrected chi connectivity index (χ4v) is 1.26. The Labute approximate surface area is 94.4 Å². The van der Waals surface area contributed by atoms with Crippen LogP contribution in [0.5, 0.6) is 0 Å². The average Bonchev–Trinajstić information content (AvgIpc) is 2.24. The van der Waals surface area contributed by atoms with Gasteiger partial charge in [0.15, 0.2) is 0 Å². The second kappa shape index (κ2) is 9.55. The summed E-state index contributed by atoms with van der Waals surface area (Å²) >= 11 is 0. The van der Waals surface area contributed by atoms with Crippen LogP contribution in [0.25, 0.3) is 0 Å². The van der Waals surface area contributed by atoms with Crippen molar-refractivity contribution in [3.63, 3.8) is 0 Å². The van der Waals surface area contributed by atoms with Gasteiger partial charge in [-0.3, -0.25) is 0 Å². The molecule has 1 atom stereocenters. The van der Waals surface area contributed by atoms with Gasteiger partial charge in [-0.15, -0.1) is 5.92 Å². The predicted octanol–water partition coefficient (Wildman–Crippen LogP) is 3.28. The van der Waals surface area contributed by atoms with Crippen LogP contribution in [0.2, 0.25) is 0 Å². The van der Waals surface area contributed by atoms with Crippen LogP contribution in [0.3, 0.4) is 0 Å². The zero-order valence-electron chi connectivity index (χ0n) is 10.2. The number of nitrogens with two attached hydrogens (primary N) is 1. The van der Waals surface area contributed by atoms with Crippen molar-refractivity contribution in [3.05, 3.63) is 23.8 Å². The summed E-state index contributed by atoms with van der Waals surface area (Å²) in [4.78, 5) is 0. The van der Waals surface area contributed by atoms with Crippen molar-refractivity contribution in [2.24, 2.45) is 11.7 Å². The van der Waals surface area contributed by atoms with Gasteiger partial charge in [-0.05, 0) is 50.8 Å². The molecule has 0 saturated heterocycles. The van der Waals surface area contributed by atoms with Gasteiger partial charge in [0.25, 0.3) is 0 Å². The van der Waals surface area contributed by atoms with Crippen molar-refractivity contribution >= 4 is 0 Å². The minimum Gasteiger partial charge on any atom is -0.330 e. The van der Waals surface area contributed by atoms with E-state index in [1.54, 1.807) is 0 Å². The van der Waals surface area contributed by atoms with Gasteiger partial charge in [0.05, 0.1) is 0 Å². The van der Waals surface area contributed by atoms with Crippen LogP contribution in [0, 0.1) is 17.8 Å². The third kappa shape index (κ3) is 9.31. The van der Waals surface area contributed by atoms with E-state index in [2.05, 4.69) is 37.8 Å². The number of hydrogen-bond donors (Lipinski definition) is 1. The molecule has 0 aromatic rings. The van der Waals surface area contributed by atoms with Crippen LogP contribution in [-0.2, 0) is 0 Å². The maximum atomic E-state index is 5.45. The molecule has 1 unspecified atom stereocenters. The Bertz CT molecular complexity index is 263. The van der Waals surface area contributed by atoms with Gasteiger partial charge < -0.3 is 5.73 Å². The molecule has 0 aliphatic rings. The normalized spacial score (nSPS) is 13.7. The minimum atomic E-state index is 0.634. The maximum absolute atomic E-state index is 5.45. The van der Waals surface area contributed by atoms with Crippen molar-refractivity contribution in [1.82, 2.24) is 0 Å². The fourth-order valence-electron chi connectivity index (χ4n) is 1.26. The zero-order chi connectivity index (χ0) is 11.5. The molecular weight excluding hydrogens is 182 g/mol. The first-order valence-corrected chi connectivity index (χ1v) is 5.68. The Hall–Kier alpha value is -1.00. The van der Waals surface area contributed by atoms with Crippen molar-refractivity contribution in [2.75, 3.05) is 6.54 Å². The molecule has 15 heavy (non-hydrogen) atoms. The van der Waals surface area contributed by atoms with Crippen molar-refractivity contribution in [2.45, 2.75) is 40.0 Å². The van der Waals surface area contributed by atoms with Crippen LogP contribution < -0.4 is 5.73 Å². The highest BCUT2D eigenvalue weighted by Crippen LogP contribution is 2.10. The number of rotatable bonds is 6. The smallest absolute Gasteiger partial charge is 0.00235 e. The largest absolute Gasteiger partial charge is 0.330 e. The third-order valence-corrected chi connectivity index (χ3v) is 2.25. The Balaban J connectivity index is 3.87. The Morgan fingerprint density at radius 1 is 1.40 bits per heavy atom. The van der Waals surface area contributed by atoms with Gasteiger partial charge in [-0.25, -0.2) is 0 Å². The van der Waals surface area contributed by atoms with Gasteiger partial charge >= 0.3 is 0 Å². The molecule has 0 saturated carbocycles. The van der Waals surface area contributed by atoms with Crippen LogP contribution in [0.1, 0.15) is 40.0 Å². The number of allylic oxidation sites excluding steroid dienone is 4. The lowest BCUT2D eigenvalue weighted by Crippen LogP contribution is -1.99. The lowest BCUT2D eigenvalue weighted by atomic mass is 10.0. The molecule has 0 aliphatic carbocycles. The molecule has 0 radical (unpaired) electrons. The first kappa shape index (κ1) is 14.0. The first-order chi connectivity index (χ1) is 7.20. The Kier molecular flexibility index (Phi) is 8.91. The summed E-state index contributed by atoms with van der Waals surface area (Å²) in [6.45, 7) is 6.98. The second-order valence-electron chi connectivity index (χ2n) is 3.90. The van der Waals surface area contributed by atoms with E-state index in [0.29, 0.717) is 5.92 Å². The van der Waals surface area contributed by atoms with Crippen molar-refractivity contribution in [3.8, 4) is 11.8 Å². The van der Waals surface area contributed by atoms with E-state index in [0.717, 1.165) is 13.0 Å². The molecule has 0 aliphatic heterocycles. The molecule has 0 fully saturated rings. The third-order valence-electron chi connectivity index (χ3n) is 2.25. The summed E-state index contributed by atoms with van der Waals surface area (Å²) in [7, 11) is 0. The summed E-state index contributed by atoms with van der Waals surface area (Å²) in [5.74, 6) is 6.43. The van der Waals surface area contributed by atoms with Gasteiger partial charge in [0, 0.05) is 0 Å². The molecule has 0 heterocycles. The summed E-state index contributed by atoms with van der Waals surface area (Å²) in [5, 5.41) is 0. The minimum absolute atomic E-state index is 0.634. The monoisotopic (exact) mass is 205 g/mol. The molecule has 0 rings (SSSR count). The molecule has 0 bridgehead atoms. The Morgan fingerprint density at radius 2 is 2.13 bits per heavy atom. The van der Waals surface area contributed by atoms with E-state index < -0.39 is 0 Å². The van der Waals surface area contributed by atoms with Crippen LogP contribution in [0.15, 0.2) is 23.8 Å². The van der Waals surface area contributed by atoms with Crippen molar-refractivity contribution < 1.29 is 0 Å². The van der Waals surface area contributed by atoms with E-state index >= 15 is 0 Å². The summed E-state index contributed by atoms with van der Waals surface area (Å²) in [6.07, 6.45) is 9.93. The number of unbranched alkanes of at least 4 members (excludes halogenated alkanes) is 1. The molecule has 0 aromatic carbocycles. The topological polar surface area (TPSA) is 26.0 Å². The molecule has 1 heteroatoms. The maximum Gasteiger partial charge on any atom is -0.00235 e. The SMILES string of the molecule is CC#C/C=C(C)\C=C/C(C)CCCCN. The zero-order valence-corrected chi connectivity index (χ0v) is 10.2. The van der Waals surface area contributed by atoms with Crippen LogP contribution >= 0.6 is 0 Å². The highest BCUT2D eigenvalue weighted by Gasteiger charge is 1.95. The second-order valence-corrected chi connectivity index (χ2v) is 3.90. The lowest BCUT2D eigenvalue weighted by Gasteiger charge is -2.04. The summed E-state index contributed by atoms with van der Waals surface area (Å²) < 4.78 is 0. The van der Waals surface area contributed by atoms with E-state index in [1.807, 2.05) is 13.0 Å². The fraction of sp³-hybridized carbons (Fsp3) is 0.571. The number of hydrogen-bond acceptors (Lipinski definition) is 1. The van der Waals surface area contributed by atoms with Gasteiger partial charge in [0.2, 0.25) is 0 Å². The van der Waals surface area contributed by atoms with Crippen LogP contribution in [0.4, 0.5) is 0 Å². The molecule has 0 spiro atoms. The summed E-state index contributed by atoms with van der Waals surface area (Å²) in [6, 6.07) is 0. The van der Waals surface area contributed by atoms with Crippen molar-refractivity contribution in [1.29, 1.82) is 0 Å². The van der Waals surface area contributed by atoms with Gasteiger partial charge in [0.1, 0.15) is 0 Å². The molecule has 0 amide bonds. The quantitative estimate of drug-likeness (QED) is 0.402. The molecule has 2 N–H and O–H groups in total. The average molecular weight is 205 g/mol. The highest BCUT2D eigenvalue weighted by molar-refractivity contribution is 5.26. The Morgan fingerprint density at radius 3 is 2.73 bits per heavy atom. The molecule has 1 nitrogen and oxygen atoms in total. The van der Waals surface area contributed by atoms with E-state index in [1.165, 1.54) is 18.4 Å². The molecular formula is C14H23N. The molecule has 84 valence electrons. The highest BCUT2D eigenvalue weighted by atomic mass is 14.5. The van der Waals surface area contributed by atoms with Gasteiger partial charge in [-0.2, -0.15) is 0 Å².